The fourth-order valence-electron chi connectivity index (χ4n) is 2.97. The zero-order chi connectivity index (χ0) is 17.8. The summed E-state index contributed by atoms with van der Waals surface area (Å²) < 4.78 is 5.31. The van der Waals surface area contributed by atoms with Crippen molar-refractivity contribution in [1.82, 2.24) is 15.3 Å². The first-order chi connectivity index (χ1) is 12.0. The van der Waals surface area contributed by atoms with Crippen molar-refractivity contribution in [2.24, 2.45) is 0 Å². The molecule has 25 heavy (non-hydrogen) atoms. The minimum atomic E-state index is -0.168. The smallest absolute Gasteiger partial charge is 0.270 e. The second-order valence-corrected chi connectivity index (χ2v) is 6.58. The first-order valence-electron chi connectivity index (χ1n) is 8.32. The summed E-state index contributed by atoms with van der Waals surface area (Å²) in [6.07, 6.45) is 4.38. The summed E-state index contributed by atoms with van der Waals surface area (Å²) >= 11 is 6.05. The Morgan fingerprint density at radius 2 is 2.00 bits per heavy atom. The Hall–Kier alpha value is -2.34. The highest BCUT2D eigenvalue weighted by molar-refractivity contribution is 6.31. The minimum Gasteiger partial charge on any atom is -0.495 e. The molecule has 0 unspecified atom stereocenters. The van der Waals surface area contributed by atoms with Gasteiger partial charge in [-0.3, -0.25) is 4.79 Å². The summed E-state index contributed by atoms with van der Waals surface area (Å²) in [6, 6.07) is 7.15. The molecule has 0 radical (unpaired) electrons. The Morgan fingerprint density at radius 1 is 1.24 bits per heavy atom. The number of hydrogen-bond donors (Lipinski definition) is 2. The zero-order valence-corrected chi connectivity index (χ0v) is 15.1. The lowest BCUT2D eigenvalue weighted by Crippen LogP contribution is -2.33. The quantitative estimate of drug-likeness (QED) is 0.846. The lowest BCUT2D eigenvalue weighted by atomic mass is 10.2. The van der Waals surface area contributed by atoms with Crippen LogP contribution in [0, 0.1) is 6.92 Å². The number of anilines is 2. The number of aryl methyl sites for hydroxylation is 1. The van der Waals surface area contributed by atoms with Crippen LogP contribution in [0.4, 0.5) is 11.6 Å². The fourth-order valence-corrected chi connectivity index (χ4v) is 3.14. The number of benzene rings is 1. The van der Waals surface area contributed by atoms with Crippen LogP contribution in [0.2, 0.25) is 5.02 Å². The van der Waals surface area contributed by atoms with Gasteiger partial charge in [-0.15, -0.1) is 0 Å². The average molecular weight is 361 g/mol. The highest BCUT2D eigenvalue weighted by Gasteiger charge is 2.19. The van der Waals surface area contributed by atoms with Crippen molar-refractivity contribution in [3.8, 4) is 5.75 Å². The fraction of sp³-hybridized carbons (Fsp3) is 0.389. The molecular weight excluding hydrogens is 340 g/mol. The van der Waals surface area contributed by atoms with Crippen molar-refractivity contribution in [3.05, 3.63) is 40.7 Å². The van der Waals surface area contributed by atoms with Crippen LogP contribution in [0.25, 0.3) is 0 Å². The number of halogens is 1. The summed E-state index contributed by atoms with van der Waals surface area (Å²) in [6.45, 7) is 1.83. The molecule has 1 aromatic carbocycles. The summed E-state index contributed by atoms with van der Waals surface area (Å²) in [7, 11) is 1.58. The van der Waals surface area contributed by atoms with Gasteiger partial charge in [0.1, 0.15) is 11.4 Å². The van der Waals surface area contributed by atoms with Crippen LogP contribution in [0.15, 0.2) is 24.3 Å². The molecule has 1 saturated carbocycles. The number of nitrogens with one attached hydrogen (secondary N) is 2. The normalized spacial score (nSPS) is 14.4. The molecule has 1 aliphatic rings. The van der Waals surface area contributed by atoms with Crippen LogP contribution in [0.1, 0.15) is 41.9 Å². The molecule has 1 fully saturated rings. The van der Waals surface area contributed by atoms with E-state index in [1.54, 1.807) is 31.4 Å². The van der Waals surface area contributed by atoms with Gasteiger partial charge in [-0.2, -0.15) is 0 Å². The second-order valence-electron chi connectivity index (χ2n) is 6.14. The van der Waals surface area contributed by atoms with Crippen LogP contribution in [-0.2, 0) is 0 Å². The summed E-state index contributed by atoms with van der Waals surface area (Å²) in [5.41, 5.74) is 1.70. The van der Waals surface area contributed by atoms with Gasteiger partial charge in [0.2, 0.25) is 5.95 Å². The third-order valence-electron chi connectivity index (χ3n) is 4.19. The number of ether oxygens (including phenoxy) is 1. The number of methoxy groups -OCH3 is 1. The number of amides is 1. The Balaban J connectivity index is 1.81. The Morgan fingerprint density at radius 3 is 2.72 bits per heavy atom. The van der Waals surface area contributed by atoms with Crippen molar-refractivity contribution in [2.75, 3.05) is 12.4 Å². The molecule has 0 saturated heterocycles. The first-order valence-corrected chi connectivity index (χ1v) is 8.70. The third-order valence-corrected chi connectivity index (χ3v) is 4.42. The minimum absolute atomic E-state index is 0.168. The standard InChI is InChI=1S/C18H21ClN4O2/c1-11-9-15(17(24)21-13-5-3-4-6-13)23-18(20-11)22-14-10-12(19)7-8-16(14)25-2/h7-10,13H,3-6H2,1-2H3,(H,21,24)(H,20,22,23). The van der Waals surface area contributed by atoms with E-state index in [-0.39, 0.29) is 11.9 Å². The van der Waals surface area contributed by atoms with Gasteiger partial charge >= 0.3 is 0 Å². The van der Waals surface area contributed by atoms with E-state index in [0.717, 1.165) is 25.7 Å². The molecule has 1 amide bonds. The van der Waals surface area contributed by atoms with Crippen LogP contribution >= 0.6 is 11.6 Å². The summed E-state index contributed by atoms with van der Waals surface area (Å²) in [4.78, 5) is 21.2. The largest absolute Gasteiger partial charge is 0.495 e. The molecule has 6 nitrogen and oxygen atoms in total. The van der Waals surface area contributed by atoms with E-state index in [1.807, 2.05) is 6.92 Å². The third kappa shape index (κ3) is 4.39. The van der Waals surface area contributed by atoms with Gasteiger partial charge in [0.25, 0.3) is 5.91 Å². The molecule has 7 heteroatoms. The molecule has 1 aromatic heterocycles. The maximum atomic E-state index is 12.5. The number of rotatable bonds is 5. The maximum Gasteiger partial charge on any atom is 0.270 e. The van der Waals surface area contributed by atoms with Gasteiger partial charge in [0.15, 0.2) is 0 Å². The van der Waals surface area contributed by atoms with Crippen molar-refractivity contribution in [3.63, 3.8) is 0 Å². The average Bonchev–Trinajstić information content (AvgIpc) is 3.07. The SMILES string of the molecule is COc1ccc(Cl)cc1Nc1nc(C)cc(C(=O)NC2CCCC2)n1. The molecule has 2 N–H and O–H groups in total. The molecule has 0 atom stereocenters. The van der Waals surface area contributed by atoms with E-state index < -0.39 is 0 Å². The number of carbonyl (C=O) groups is 1. The molecule has 1 heterocycles. The van der Waals surface area contributed by atoms with Gasteiger partial charge in [-0.05, 0) is 44.0 Å². The van der Waals surface area contributed by atoms with Crippen LogP contribution < -0.4 is 15.4 Å². The zero-order valence-electron chi connectivity index (χ0n) is 14.3. The van der Waals surface area contributed by atoms with Crippen LogP contribution in [0.3, 0.4) is 0 Å². The van der Waals surface area contributed by atoms with Crippen molar-refractivity contribution in [1.29, 1.82) is 0 Å². The predicted molar refractivity (Wildman–Crippen MR) is 97.8 cm³/mol. The van der Waals surface area contributed by atoms with E-state index in [4.69, 9.17) is 16.3 Å². The van der Waals surface area contributed by atoms with E-state index in [0.29, 0.717) is 33.8 Å². The van der Waals surface area contributed by atoms with E-state index >= 15 is 0 Å². The Labute approximate surface area is 152 Å². The molecule has 0 bridgehead atoms. The van der Waals surface area contributed by atoms with E-state index in [9.17, 15) is 4.79 Å². The van der Waals surface area contributed by atoms with E-state index in [2.05, 4.69) is 20.6 Å². The van der Waals surface area contributed by atoms with E-state index in [1.165, 1.54) is 0 Å². The molecule has 3 rings (SSSR count). The second kappa shape index (κ2) is 7.70. The van der Waals surface area contributed by atoms with Gasteiger partial charge in [-0.25, -0.2) is 9.97 Å². The number of nitrogens with zero attached hydrogens (tertiary/aromatic N) is 2. The van der Waals surface area contributed by atoms with Crippen LogP contribution in [-0.4, -0.2) is 29.0 Å². The highest BCUT2D eigenvalue weighted by Crippen LogP contribution is 2.29. The van der Waals surface area contributed by atoms with Gasteiger partial charge in [0, 0.05) is 16.8 Å². The molecule has 2 aromatic rings. The topological polar surface area (TPSA) is 76.1 Å². The number of carbonyl (C=O) groups excluding carboxylic acids is 1. The molecule has 0 spiro atoms. The van der Waals surface area contributed by atoms with Crippen molar-refractivity contribution >= 4 is 29.1 Å². The van der Waals surface area contributed by atoms with Crippen molar-refractivity contribution in [2.45, 2.75) is 38.6 Å². The molecule has 1 aliphatic carbocycles. The summed E-state index contributed by atoms with van der Waals surface area (Å²) in [5.74, 6) is 0.780. The number of hydrogen-bond acceptors (Lipinski definition) is 5. The van der Waals surface area contributed by atoms with Gasteiger partial charge < -0.3 is 15.4 Å². The number of aromatic nitrogens is 2. The lowest BCUT2D eigenvalue weighted by Gasteiger charge is -2.14. The van der Waals surface area contributed by atoms with Gasteiger partial charge in [-0.1, -0.05) is 24.4 Å². The molecule has 0 aliphatic heterocycles. The maximum absolute atomic E-state index is 12.5. The Bertz CT molecular complexity index is 776. The highest BCUT2D eigenvalue weighted by atomic mass is 35.5. The van der Waals surface area contributed by atoms with Crippen molar-refractivity contribution < 1.29 is 9.53 Å². The predicted octanol–water partition coefficient (Wildman–Crippen LogP) is 3.86. The lowest BCUT2D eigenvalue weighted by molar-refractivity contribution is 0.0932. The van der Waals surface area contributed by atoms with Crippen LogP contribution in [0.5, 0.6) is 5.75 Å². The molecular formula is C18H21ClN4O2. The Kier molecular flexibility index (Phi) is 5.38. The monoisotopic (exact) mass is 360 g/mol. The van der Waals surface area contributed by atoms with Gasteiger partial charge in [0.05, 0.1) is 12.8 Å². The molecule has 132 valence electrons. The summed E-state index contributed by atoms with van der Waals surface area (Å²) in [5, 5.41) is 6.69. The first kappa shape index (κ1) is 17.5.